The largest absolute Gasteiger partial charge is 0.307 e. The van der Waals surface area contributed by atoms with E-state index in [-0.39, 0.29) is 17.5 Å². The number of anilines is 1. The number of nitrogens with one attached hydrogen (secondary N) is 1. The number of nitriles is 1. The van der Waals surface area contributed by atoms with E-state index in [0.717, 1.165) is 41.0 Å². The van der Waals surface area contributed by atoms with Crippen molar-refractivity contribution in [3.05, 3.63) is 54.1 Å². The number of likely N-dealkylation sites (N-methyl/N-ethyl adjacent to an activating group) is 1. The highest BCUT2D eigenvalue weighted by atomic mass is 32.2. The van der Waals surface area contributed by atoms with Crippen LogP contribution in [0, 0.1) is 11.3 Å². The van der Waals surface area contributed by atoms with Crippen LogP contribution in [0.25, 0.3) is 11.0 Å². The molecule has 1 saturated carbocycles. The van der Waals surface area contributed by atoms with Gasteiger partial charge in [-0.05, 0) is 49.2 Å². The van der Waals surface area contributed by atoms with Crippen LogP contribution in [0.5, 0.6) is 0 Å². The fourth-order valence-electron chi connectivity index (χ4n) is 4.17. The Hall–Kier alpha value is -3.22. The first kappa shape index (κ1) is 22.0. The molecule has 0 atom stereocenters. The standard InChI is InChI=1S/C23H25N5O3S/c1-27(32(30,31)19-13-11-17(15-24)12-14-19)16-22(29)26-23-25-20-9-5-6-10-21(20)28(23)18-7-3-2-4-8-18/h5-6,9-14,18H,2-4,7-8,16H2,1H3,(H,25,26,29). The lowest BCUT2D eigenvalue weighted by molar-refractivity contribution is -0.116. The molecule has 1 aromatic heterocycles. The SMILES string of the molecule is CN(CC(=O)Nc1nc2ccccc2n1C1CCCCC1)S(=O)(=O)c1ccc(C#N)cc1. The van der Waals surface area contributed by atoms with Gasteiger partial charge in [-0.25, -0.2) is 13.4 Å². The molecule has 1 aliphatic carbocycles. The van der Waals surface area contributed by atoms with Gasteiger partial charge in [-0.2, -0.15) is 9.57 Å². The third kappa shape index (κ3) is 4.38. The van der Waals surface area contributed by atoms with E-state index in [1.165, 1.54) is 37.7 Å². The Bertz CT molecular complexity index is 1270. The molecule has 0 radical (unpaired) electrons. The zero-order valence-electron chi connectivity index (χ0n) is 17.9. The van der Waals surface area contributed by atoms with Crippen LogP contribution < -0.4 is 5.32 Å². The van der Waals surface area contributed by atoms with Crippen molar-refractivity contribution in [3.8, 4) is 6.07 Å². The number of para-hydroxylation sites is 2. The number of sulfonamides is 1. The summed E-state index contributed by atoms with van der Waals surface area (Å²) in [5, 5.41) is 11.7. The smallest absolute Gasteiger partial charge is 0.243 e. The van der Waals surface area contributed by atoms with E-state index in [1.54, 1.807) is 0 Å². The maximum Gasteiger partial charge on any atom is 0.243 e. The fourth-order valence-corrected chi connectivity index (χ4v) is 5.30. The summed E-state index contributed by atoms with van der Waals surface area (Å²) in [5.74, 6) is -0.00985. The van der Waals surface area contributed by atoms with Crippen molar-refractivity contribution in [1.82, 2.24) is 13.9 Å². The van der Waals surface area contributed by atoms with Crippen LogP contribution in [-0.2, 0) is 14.8 Å². The average molecular weight is 452 g/mol. The molecule has 2 aromatic carbocycles. The molecule has 0 saturated heterocycles. The Balaban J connectivity index is 1.54. The van der Waals surface area contributed by atoms with Crippen LogP contribution >= 0.6 is 0 Å². The summed E-state index contributed by atoms with van der Waals surface area (Å²) in [6, 6.07) is 15.6. The van der Waals surface area contributed by atoms with Crippen molar-refractivity contribution >= 4 is 32.9 Å². The van der Waals surface area contributed by atoms with Crippen LogP contribution in [0.15, 0.2) is 53.4 Å². The molecule has 0 bridgehead atoms. The van der Waals surface area contributed by atoms with E-state index in [4.69, 9.17) is 5.26 Å². The molecule has 9 heteroatoms. The molecule has 3 aromatic rings. The third-order valence-electron chi connectivity index (χ3n) is 5.84. The quantitative estimate of drug-likeness (QED) is 0.615. The second kappa shape index (κ2) is 9.10. The molecule has 0 spiro atoms. The molecule has 1 heterocycles. The highest BCUT2D eigenvalue weighted by Gasteiger charge is 2.26. The molecule has 0 aliphatic heterocycles. The van der Waals surface area contributed by atoms with Gasteiger partial charge in [0, 0.05) is 13.1 Å². The number of fused-ring (bicyclic) bond motifs is 1. The van der Waals surface area contributed by atoms with Gasteiger partial charge >= 0.3 is 0 Å². The Morgan fingerprint density at radius 3 is 2.53 bits per heavy atom. The predicted octanol–water partition coefficient (Wildman–Crippen LogP) is 3.67. The van der Waals surface area contributed by atoms with Crippen molar-refractivity contribution in [2.45, 2.75) is 43.0 Å². The molecular weight excluding hydrogens is 426 g/mol. The summed E-state index contributed by atoms with van der Waals surface area (Å²) in [4.78, 5) is 17.4. The van der Waals surface area contributed by atoms with Crippen molar-refractivity contribution in [2.75, 3.05) is 18.9 Å². The number of carbonyl (C=O) groups is 1. The molecule has 166 valence electrons. The van der Waals surface area contributed by atoms with E-state index in [9.17, 15) is 13.2 Å². The van der Waals surface area contributed by atoms with Gasteiger partial charge in [-0.15, -0.1) is 0 Å². The fraction of sp³-hybridized carbons (Fsp3) is 0.348. The summed E-state index contributed by atoms with van der Waals surface area (Å²) < 4.78 is 28.7. The lowest BCUT2D eigenvalue weighted by atomic mass is 9.95. The maximum atomic E-state index is 12.8. The molecule has 4 rings (SSSR count). The minimum absolute atomic E-state index is 0.0289. The van der Waals surface area contributed by atoms with E-state index < -0.39 is 15.9 Å². The van der Waals surface area contributed by atoms with Crippen molar-refractivity contribution in [1.29, 1.82) is 5.26 Å². The number of benzene rings is 2. The van der Waals surface area contributed by atoms with E-state index >= 15 is 0 Å². The average Bonchev–Trinajstić information content (AvgIpc) is 3.17. The van der Waals surface area contributed by atoms with E-state index in [0.29, 0.717) is 11.5 Å². The zero-order chi connectivity index (χ0) is 22.7. The molecule has 1 N–H and O–H groups in total. The minimum Gasteiger partial charge on any atom is -0.307 e. The molecule has 1 aliphatic rings. The molecule has 8 nitrogen and oxygen atoms in total. The van der Waals surface area contributed by atoms with Crippen LogP contribution in [-0.4, -0.2) is 41.8 Å². The number of carbonyl (C=O) groups excluding carboxylic acids is 1. The summed E-state index contributed by atoms with van der Waals surface area (Å²) in [7, 11) is -2.51. The van der Waals surface area contributed by atoms with Crippen LogP contribution in [0.2, 0.25) is 0 Å². The lowest BCUT2D eigenvalue weighted by Gasteiger charge is -2.25. The normalized spacial score (nSPS) is 15.0. The highest BCUT2D eigenvalue weighted by molar-refractivity contribution is 7.89. The highest BCUT2D eigenvalue weighted by Crippen LogP contribution is 2.34. The van der Waals surface area contributed by atoms with Crippen LogP contribution in [0.1, 0.15) is 43.7 Å². The first-order valence-corrected chi connectivity index (χ1v) is 12.1. The molecule has 1 amide bonds. The summed E-state index contributed by atoms with van der Waals surface area (Å²) in [6.07, 6.45) is 5.53. The van der Waals surface area contributed by atoms with Gasteiger partial charge in [0.15, 0.2) is 0 Å². The summed E-state index contributed by atoms with van der Waals surface area (Å²) in [6.45, 7) is -0.351. The Morgan fingerprint density at radius 2 is 1.84 bits per heavy atom. The summed E-state index contributed by atoms with van der Waals surface area (Å²) in [5.41, 5.74) is 2.13. The van der Waals surface area contributed by atoms with E-state index in [2.05, 4.69) is 14.9 Å². The van der Waals surface area contributed by atoms with Crippen molar-refractivity contribution in [3.63, 3.8) is 0 Å². The van der Waals surface area contributed by atoms with Gasteiger partial charge in [0.2, 0.25) is 21.9 Å². The number of hydrogen-bond acceptors (Lipinski definition) is 5. The summed E-state index contributed by atoms with van der Waals surface area (Å²) >= 11 is 0. The minimum atomic E-state index is -3.87. The number of nitrogens with zero attached hydrogens (tertiary/aromatic N) is 4. The molecule has 1 fully saturated rings. The van der Waals surface area contributed by atoms with Gasteiger partial charge in [0.1, 0.15) is 0 Å². The monoisotopic (exact) mass is 451 g/mol. The van der Waals surface area contributed by atoms with Gasteiger partial charge in [0.25, 0.3) is 0 Å². The van der Waals surface area contributed by atoms with Gasteiger partial charge in [0.05, 0.1) is 34.1 Å². The first-order chi connectivity index (χ1) is 15.4. The number of aromatic nitrogens is 2. The van der Waals surface area contributed by atoms with Crippen LogP contribution in [0.3, 0.4) is 0 Å². The first-order valence-electron chi connectivity index (χ1n) is 10.6. The van der Waals surface area contributed by atoms with Crippen LogP contribution in [0.4, 0.5) is 5.95 Å². The second-order valence-electron chi connectivity index (χ2n) is 8.03. The number of amides is 1. The second-order valence-corrected chi connectivity index (χ2v) is 10.1. The third-order valence-corrected chi connectivity index (χ3v) is 7.66. The van der Waals surface area contributed by atoms with Gasteiger partial charge in [-0.3, -0.25) is 10.1 Å². The van der Waals surface area contributed by atoms with E-state index in [1.807, 2.05) is 30.3 Å². The zero-order valence-corrected chi connectivity index (χ0v) is 18.7. The Morgan fingerprint density at radius 1 is 1.16 bits per heavy atom. The Kier molecular flexibility index (Phi) is 6.26. The van der Waals surface area contributed by atoms with Crippen molar-refractivity contribution < 1.29 is 13.2 Å². The predicted molar refractivity (Wildman–Crippen MR) is 121 cm³/mol. The van der Waals surface area contributed by atoms with Gasteiger partial charge < -0.3 is 4.57 Å². The molecule has 0 unspecified atom stereocenters. The van der Waals surface area contributed by atoms with Gasteiger partial charge in [-0.1, -0.05) is 31.4 Å². The number of hydrogen-bond donors (Lipinski definition) is 1. The number of rotatable bonds is 6. The molecule has 32 heavy (non-hydrogen) atoms. The van der Waals surface area contributed by atoms with Crippen molar-refractivity contribution in [2.24, 2.45) is 0 Å². The topological polar surface area (TPSA) is 108 Å². The number of imidazole rings is 1. The molecular formula is C23H25N5O3S. The lowest BCUT2D eigenvalue weighted by Crippen LogP contribution is -2.35. The Labute approximate surface area is 187 Å². The maximum absolute atomic E-state index is 12.8.